The summed E-state index contributed by atoms with van der Waals surface area (Å²) in [6.07, 6.45) is 0.375. The molecule has 0 aliphatic heterocycles. The molecule has 0 bridgehead atoms. The van der Waals surface area contributed by atoms with Crippen molar-refractivity contribution in [3.8, 4) is 0 Å². The summed E-state index contributed by atoms with van der Waals surface area (Å²) < 4.78 is 53.2. The van der Waals surface area contributed by atoms with Crippen LogP contribution < -0.4 is 9.86 Å². The van der Waals surface area contributed by atoms with Crippen LogP contribution in [-0.2, 0) is 24.8 Å². The van der Waals surface area contributed by atoms with E-state index >= 15 is 0 Å². The zero-order chi connectivity index (χ0) is 15.4. The lowest BCUT2D eigenvalue weighted by atomic mass is 10.2. The van der Waals surface area contributed by atoms with Gasteiger partial charge >= 0.3 is 0 Å². The Bertz CT molecular complexity index is 668. The number of aryl methyl sites for hydroxylation is 1. The van der Waals surface area contributed by atoms with Crippen molar-refractivity contribution in [3.63, 3.8) is 0 Å². The highest BCUT2D eigenvalue weighted by molar-refractivity contribution is 7.92. The first-order chi connectivity index (χ1) is 9.15. The summed E-state index contributed by atoms with van der Waals surface area (Å²) in [6, 6.07) is 4.06. The number of sulfonamides is 2. The standard InChI is InChI=1S/C11H18N2O5S2/c1-9-8-10(4-5-11(9)20(12,16)17)13-19(14,15)7-3-6-18-2/h4-5,8,13H,3,6-7H2,1-2H3,(H2,12,16,17). The number of primary sulfonamides is 1. The van der Waals surface area contributed by atoms with E-state index < -0.39 is 20.0 Å². The van der Waals surface area contributed by atoms with Crippen molar-refractivity contribution >= 4 is 25.7 Å². The Labute approximate surface area is 119 Å². The largest absolute Gasteiger partial charge is 0.385 e. The Morgan fingerprint density at radius 2 is 1.90 bits per heavy atom. The fraction of sp³-hybridized carbons (Fsp3) is 0.455. The lowest BCUT2D eigenvalue weighted by molar-refractivity contribution is 0.199. The van der Waals surface area contributed by atoms with Gasteiger partial charge in [0.2, 0.25) is 20.0 Å². The maximum atomic E-state index is 11.8. The molecule has 1 aromatic rings. The molecule has 0 aliphatic carbocycles. The van der Waals surface area contributed by atoms with E-state index in [0.717, 1.165) is 0 Å². The van der Waals surface area contributed by atoms with Crippen molar-refractivity contribution in [2.24, 2.45) is 5.14 Å². The fourth-order valence-corrected chi connectivity index (χ4v) is 3.51. The molecule has 0 aromatic heterocycles. The quantitative estimate of drug-likeness (QED) is 0.706. The molecular weight excluding hydrogens is 304 g/mol. The monoisotopic (exact) mass is 322 g/mol. The molecule has 114 valence electrons. The Hall–Kier alpha value is -1.16. The number of hydrogen-bond donors (Lipinski definition) is 2. The minimum atomic E-state index is -3.81. The number of benzene rings is 1. The smallest absolute Gasteiger partial charge is 0.238 e. The first kappa shape index (κ1) is 16.9. The van der Waals surface area contributed by atoms with Gasteiger partial charge in [-0.25, -0.2) is 22.0 Å². The molecule has 3 N–H and O–H groups in total. The second-order valence-electron chi connectivity index (χ2n) is 4.29. The molecule has 20 heavy (non-hydrogen) atoms. The SMILES string of the molecule is COCCCS(=O)(=O)Nc1ccc(S(N)(=O)=O)c(C)c1. The molecule has 1 aromatic carbocycles. The van der Waals surface area contributed by atoms with Gasteiger partial charge in [0.1, 0.15) is 0 Å². The van der Waals surface area contributed by atoms with Gasteiger partial charge in [-0.05, 0) is 37.1 Å². The van der Waals surface area contributed by atoms with E-state index in [2.05, 4.69) is 4.72 Å². The molecule has 0 saturated heterocycles. The Kier molecular flexibility index (Phi) is 5.51. The maximum absolute atomic E-state index is 11.8. The van der Waals surface area contributed by atoms with Crippen LogP contribution in [0.1, 0.15) is 12.0 Å². The fourth-order valence-electron chi connectivity index (χ4n) is 1.66. The van der Waals surface area contributed by atoms with Crippen LogP contribution in [0.25, 0.3) is 0 Å². The molecule has 0 heterocycles. The molecule has 0 amide bonds. The molecule has 7 nitrogen and oxygen atoms in total. The molecule has 0 saturated carbocycles. The van der Waals surface area contributed by atoms with Crippen molar-refractivity contribution in [1.29, 1.82) is 0 Å². The van der Waals surface area contributed by atoms with Gasteiger partial charge in [0.25, 0.3) is 0 Å². The average Bonchev–Trinajstić information content (AvgIpc) is 2.26. The van der Waals surface area contributed by atoms with Gasteiger partial charge in [-0.2, -0.15) is 0 Å². The van der Waals surface area contributed by atoms with E-state index in [0.29, 0.717) is 24.3 Å². The van der Waals surface area contributed by atoms with E-state index in [1.54, 1.807) is 6.92 Å². The van der Waals surface area contributed by atoms with Crippen molar-refractivity contribution in [2.75, 3.05) is 24.2 Å². The highest BCUT2D eigenvalue weighted by atomic mass is 32.2. The average molecular weight is 322 g/mol. The van der Waals surface area contributed by atoms with Crippen LogP contribution in [0, 0.1) is 6.92 Å². The van der Waals surface area contributed by atoms with Gasteiger partial charge < -0.3 is 4.74 Å². The molecule has 9 heteroatoms. The molecular formula is C11H18N2O5S2. The molecule has 0 unspecified atom stereocenters. The molecule has 0 fully saturated rings. The summed E-state index contributed by atoms with van der Waals surface area (Å²) >= 11 is 0. The van der Waals surface area contributed by atoms with Crippen LogP contribution in [0.4, 0.5) is 5.69 Å². The number of anilines is 1. The summed E-state index contributed by atoms with van der Waals surface area (Å²) in [4.78, 5) is -0.0279. The zero-order valence-corrected chi connectivity index (χ0v) is 12.9. The van der Waals surface area contributed by atoms with Gasteiger partial charge in [-0.1, -0.05) is 0 Å². The first-order valence-electron chi connectivity index (χ1n) is 5.78. The summed E-state index contributed by atoms with van der Waals surface area (Å²) in [6.45, 7) is 1.90. The van der Waals surface area contributed by atoms with E-state index in [1.807, 2.05) is 0 Å². The lowest BCUT2D eigenvalue weighted by Crippen LogP contribution is -2.18. The van der Waals surface area contributed by atoms with Crippen molar-refractivity contribution in [3.05, 3.63) is 23.8 Å². The third kappa shape index (κ3) is 5.08. The number of ether oxygens (including phenoxy) is 1. The van der Waals surface area contributed by atoms with Gasteiger partial charge in [-0.3, -0.25) is 4.72 Å². The van der Waals surface area contributed by atoms with Crippen LogP contribution in [-0.4, -0.2) is 36.3 Å². The maximum Gasteiger partial charge on any atom is 0.238 e. The highest BCUT2D eigenvalue weighted by Crippen LogP contribution is 2.19. The number of rotatable bonds is 7. The predicted molar refractivity (Wildman–Crippen MR) is 76.5 cm³/mol. The summed E-state index contributed by atoms with van der Waals surface area (Å²) in [5.74, 6) is -0.0726. The van der Waals surface area contributed by atoms with Gasteiger partial charge in [-0.15, -0.1) is 0 Å². The second kappa shape index (κ2) is 6.53. The van der Waals surface area contributed by atoms with Crippen molar-refractivity contribution in [2.45, 2.75) is 18.2 Å². The van der Waals surface area contributed by atoms with Crippen LogP contribution in [0.15, 0.2) is 23.1 Å². The van der Waals surface area contributed by atoms with Gasteiger partial charge in [0.15, 0.2) is 0 Å². The molecule has 0 atom stereocenters. The lowest BCUT2D eigenvalue weighted by Gasteiger charge is -2.10. The number of nitrogens with one attached hydrogen (secondary N) is 1. The zero-order valence-electron chi connectivity index (χ0n) is 11.3. The number of hydrogen-bond acceptors (Lipinski definition) is 5. The van der Waals surface area contributed by atoms with Crippen LogP contribution in [0.5, 0.6) is 0 Å². The minimum Gasteiger partial charge on any atom is -0.385 e. The molecule has 1 rings (SSSR count). The normalized spacial score (nSPS) is 12.3. The van der Waals surface area contributed by atoms with Crippen LogP contribution in [0.3, 0.4) is 0 Å². The van der Waals surface area contributed by atoms with Crippen LogP contribution in [0.2, 0.25) is 0 Å². The molecule has 0 spiro atoms. The summed E-state index contributed by atoms with van der Waals surface area (Å²) in [5.41, 5.74) is 0.678. The molecule has 0 radical (unpaired) electrons. The highest BCUT2D eigenvalue weighted by Gasteiger charge is 2.14. The summed E-state index contributed by atoms with van der Waals surface area (Å²) in [7, 11) is -5.79. The number of methoxy groups -OCH3 is 1. The van der Waals surface area contributed by atoms with E-state index in [9.17, 15) is 16.8 Å². The Balaban J connectivity index is 2.87. The van der Waals surface area contributed by atoms with Gasteiger partial charge in [0.05, 0.1) is 10.6 Å². The second-order valence-corrected chi connectivity index (χ2v) is 7.66. The Morgan fingerprint density at radius 3 is 2.40 bits per heavy atom. The van der Waals surface area contributed by atoms with E-state index in [1.165, 1.54) is 25.3 Å². The van der Waals surface area contributed by atoms with Crippen LogP contribution >= 0.6 is 0 Å². The van der Waals surface area contributed by atoms with E-state index in [-0.39, 0.29) is 10.6 Å². The topological polar surface area (TPSA) is 116 Å². The summed E-state index contributed by atoms with van der Waals surface area (Å²) in [5, 5.41) is 5.04. The minimum absolute atomic E-state index is 0.0279. The Morgan fingerprint density at radius 1 is 1.25 bits per heavy atom. The van der Waals surface area contributed by atoms with E-state index in [4.69, 9.17) is 9.88 Å². The van der Waals surface area contributed by atoms with Gasteiger partial charge in [0, 0.05) is 19.4 Å². The number of nitrogens with two attached hydrogens (primary N) is 1. The van der Waals surface area contributed by atoms with Crippen molar-refractivity contribution in [1.82, 2.24) is 0 Å². The van der Waals surface area contributed by atoms with Crippen molar-refractivity contribution < 1.29 is 21.6 Å². The molecule has 0 aliphatic rings. The third-order valence-electron chi connectivity index (χ3n) is 2.52. The predicted octanol–water partition coefficient (Wildman–Crippen LogP) is 0.421. The third-order valence-corrected chi connectivity index (χ3v) is 4.96. The first-order valence-corrected chi connectivity index (χ1v) is 8.98.